The van der Waals surface area contributed by atoms with E-state index < -0.39 is 23.1 Å². The Morgan fingerprint density at radius 1 is 1.12 bits per heavy atom. The molecular formula is C33H35ClFNO4. The molecule has 5 nitrogen and oxygen atoms in total. The molecule has 1 aromatic heterocycles. The molecule has 0 saturated heterocycles. The highest BCUT2D eigenvalue weighted by atomic mass is 35.5. The summed E-state index contributed by atoms with van der Waals surface area (Å²) in [6.07, 6.45) is 6.05. The number of carbonyl (C=O) groups is 1. The van der Waals surface area contributed by atoms with Crippen LogP contribution in [0.2, 0.25) is 5.02 Å². The number of pyridine rings is 1. The van der Waals surface area contributed by atoms with E-state index in [1.807, 2.05) is 24.3 Å². The van der Waals surface area contributed by atoms with Crippen LogP contribution in [-0.2, 0) is 23.2 Å². The van der Waals surface area contributed by atoms with Crippen molar-refractivity contribution in [2.75, 3.05) is 7.11 Å². The van der Waals surface area contributed by atoms with Crippen molar-refractivity contribution in [2.45, 2.75) is 76.7 Å². The van der Waals surface area contributed by atoms with E-state index in [0.29, 0.717) is 53.8 Å². The number of carboxylic acid groups (broad SMARTS) is 1. The number of hydrogen-bond donors (Lipinski definition) is 1. The SMILES string of the molecule is COc1ccc(Cl)c(-c2ccc(COc3ccc4c(c3F)C3(CC4)CCC3C(=O)O)cc2C2CCCC2(C)C)n1. The zero-order valence-electron chi connectivity index (χ0n) is 23.2. The van der Waals surface area contributed by atoms with E-state index in [-0.39, 0.29) is 17.8 Å². The fourth-order valence-electron chi connectivity index (χ4n) is 7.53. The van der Waals surface area contributed by atoms with Crippen molar-refractivity contribution in [1.82, 2.24) is 4.98 Å². The van der Waals surface area contributed by atoms with Gasteiger partial charge in [-0.25, -0.2) is 9.37 Å². The molecule has 7 heteroatoms. The van der Waals surface area contributed by atoms with E-state index in [0.717, 1.165) is 36.0 Å². The van der Waals surface area contributed by atoms with Gasteiger partial charge in [-0.05, 0) is 78.7 Å². The summed E-state index contributed by atoms with van der Waals surface area (Å²) in [5, 5.41) is 10.3. The Hall–Kier alpha value is -3.12. The predicted molar refractivity (Wildman–Crippen MR) is 153 cm³/mol. The normalized spacial score (nSPS) is 24.5. The lowest BCUT2D eigenvalue weighted by atomic mass is 9.57. The van der Waals surface area contributed by atoms with Crippen molar-refractivity contribution in [2.24, 2.45) is 11.3 Å². The van der Waals surface area contributed by atoms with Crippen LogP contribution in [0, 0.1) is 17.2 Å². The van der Waals surface area contributed by atoms with Crippen molar-refractivity contribution in [3.8, 4) is 22.9 Å². The molecule has 3 aliphatic rings. The average molecular weight is 564 g/mol. The monoisotopic (exact) mass is 563 g/mol. The van der Waals surface area contributed by atoms with Crippen LogP contribution in [0.4, 0.5) is 4.39 Å². The molecule has 0 bridgehead atoms. The Kier molecular flexibility index (Phi) is 6.81. The van der Waals surface area contributed by atoms with E-state index in [1.165, 1.54) is 5.56 Å². The Bertz CT molecular complexity index is 1490. The number of aliphatic carboxylic acids is 1. The molecule has 1 spiro atoms. The van der Waals surface area contributed by atoms with Gasteiger partial charge in [0.2, 0.25) is 5.88 Å². The molecule has 210 valence electrons. The molecule has 3 aliphatic carbocycles. The van der Waals surface area contributed by atoms with Gasteiger partial charge in [-0.2, -0.15) is 0 Å². The minimum atomic E-state index is -0.835. The van der Waals surface area contributed by atoms with Crippen LogP contribution in [0.25, 0.3) is 11.3 Å². The molecule has 0 amide bonds. The number of carboxylic acids is 1. The fraction of sp³-hybridized carbons (Fsp3) is 0.455. The van der Waals surface area contributed by atoms with Crippen LogP contribution in [0.15, 0.2) is 42.5 Å². The highest BCUT2D eigenvalue weighted by molar-refractivity contribution is 6.33. The lowest BCUT2D eigenvalue weighted by Gasteiger charge is -2.45. The van der Waals surface area contributed by atoms with Gasteiger partial charge in [-0.3, -0.25) is 4.79 Å². The van der Waals surface area contributed by atoms with Gasteiger partial charge in [0.1, 0.15) is 6.61 Å². The van der Waals surface area contributed by atoms with Gasteiger partial charge >= 0.3 is 5.97 Å². The summed E-state index contributed by atoms with van der Waals surface area (Å²) in [4.78, 5) is 16.5. The third-order valence-electron chi connectivity index (χ3n) is 9.80. The molecule has 1 N–H and O–H groups in total. The Morgan fingerprint density at radius 3 is 2.62 bits per heavy atom. The number of nitrogens with zero attached hydrogens (tertiary/aromatic N) is 1. The summed E-state index contributed by atoms with van der Waals surface area (Å²) in [5.41, 5.74) is 4.75. The first-order chi connectivity index (χ1) is 19.1. The van der Waals surface area contributed by atoms with Crippen LogP contribution < -0.4 is 9.47 Å². The van der Waals surface area contributed by atoms with Crippen LogP contribution in [0.1, 0.15) is 80.5 Å². The first kappa shape index (κ1) is 27.1. The van der Waals surface area contributed by atoms with Gasteiger partial charge < -0.3 is 14.6 Å². The lowest BCUT2D eigenvalue weighted by molar-refractivity contribution is -0.149. The van der Waals surface area contributed by atoms with Gasteiger partial charge in [0.15, 0.2) is 11.6 Å². The maximum atomic E-state index is 15.9. The van der Waals surface area contributed by atoms with Crippen LogP contribution in [-0.4, -0.2) is 23.2 Å². The van der Waals surface area contributed by atoms with Crippen molar-refractivity contribution in [3.63, 3.8) is 0 Å². The molecule has 2 aromatic carbocycles. The Labute approximate surface area is 239 Å². The summed E-state index contributed by atoms with van der Waals surface area (Å²) in [6, 6.07) is 13.3. The van der Waals surface area contributed by atoms with Gasteiger partial charge in [-0.15, -0.1) is 0 Å². The van der Waals surface area contributed by atoms with E-state index in [2.05, 4.69) is 24.9 Å². The maximum absolute atomic E-state index is 15.9. The van der Waals surface area contributed by atoms with E-state index in [1.54, 1.807) is 19.2 Å². The molecule has 6 rings (SSSR count). The van der Waals surface area contributed by atoms with E-state index in [4.69, 9.17) is 21.1 Å². The van der Waals surface area contributed by atoms with Gasteiger partial charge in [0.05, 0.1) is 23.7 Å². The second-order valence-corrected chi connectivity index (χ2v) is 12.7. The summed E-state index contributed by atoms with van der Waals surface area (Å²) < 4.78 is 27.4. The number of methoxy groups -OCH3 is 1. The third kappa shape index (κ3) is 4.36. The molecule has 0 radical (unpaired) electrons. The van der Waals surface area contributed by atoms with Crippen LogP contribution >= 0.6 is 11.6 Å². The Balaban J connectivity index is 1.33. The minimum absolute atomic E-state index is 0.115. The van der Waals surface area contributed by atoms with Crippen molar-refractivity contribution in [3.05, 3.63) is 75.6 Å². The molecule has 0 aliphatic heterocycles. The quantitative estimate of drug-likeness (QED) is 0.314. The van der Waals surface area contributed by atoms with E-state index in [9.17, 15) is 9.90 Å². The topological polar surface area (TPSA) is 68.7 Å². The summed E-state index contributed by atoms with van der Waals surface area (Å²) in [5.74, 6) is -0.764. The maximum Gasteiger partial charge on any atom is 0.307 e. The van der Waals surface area contributed by atoms with Gasteiger partial charge in [0, 0.05) is 22.6 Å². The van der Waals surface area contributed by atoms with E-state index >= 15 is 4.39 Å². The standard InChI is InChI=1S/C33H35ClFNO4/c1-32(2)14-4-5-23(32)22-17-19(6-8-21(22)30-25(34)9-11-27(36-30)39-3)18-40-26-10-7-20-12-15-33(28(20)29(26)35)16-13-24(33)31(37)38/h6-11,17,23-24H,4-5,12-16,18H2,1-3H3,(H,37,38). The molecule has 2 fully saturated rings. The number of rotatable bonds is 7. The molecule has 2 saturated carbocycles. The van der Waals surface area contributed by atoms with Crippen molar-refractivity contribution >= 4 is 17.6 Å². The molecule has 40 heavy (non-hydrogen) atoms. The fourth-order valence-corrected chi connectivity index (χ4v) is 7.74. The molecular weight excluding hydrogens is 529 g/mol. The molecule has 1 heterocycles. The first-order valence-corrected chi connectivity index (χ1v) is 14.5. The minimum Gasteiger partial charge on any atom is -0.486 e. The number of halogens is 2. The number of hydrogen-bond acceptors (Lipinski definition) is 4. The number of aryl methyl sites for hydroxylation is 1. The summed E-state index contributed by atoms with van der Waals surface area (Å²) in [7, 11) is 1.59. The first-order valence-electron chi connectivity index (χ1n) is 14.2. The highest BCUT2D eigenvalue weighted by Crippen LogP contribution is 2.58. The molecule has 3 unspecified atom stereocenters. The number of aromatic nitrogens is 1. The van der Waals surface area contributed by atoms with Crippen molar-refractivity contribution < 1.29 is 23.8 Å². The molecule has 3 aromatic rings. The summed E-state index contributed by atoms with van der Waals surface area (Å²) in [6.45, 7) is 4.81. The van der Waals surface area contributed by atoms with Crippen LogP contribution in [0.3, 0.4) is 0 Å². The van der Waals surface area contributed by atoms with Gasteiger partial charge in [-0.1, -0.05) is 56.1 Å². The highest BCUT2D eigenvalue weighted by Gasteiger charge is 2.56. The average Bonchev–Trinajstić information content (AvgIpc) is 3.49. The summed E-state index contributed by atoms with van der Waals surface area (Å²) >= 11 is 6.63. The largest absolute Gasteiger partial charge is 0.486 e. The predicted octanol–water partition coefficient (Wildman–Crippen LogP) is 8.10. The third-order valence-corrected chi connectivity index (χ3v) is 10.1. The Morgan fingerprint density at radius 2 is 1.95 bits per heavy atom. The second kappa shape index (κ2) is 10.1. The number of ether oxygens (including phenoxy) is 2. The zero-order chi connectivity index (χ0) is 28.2. The zero-order valence-corrected chi connectivity index (χ0v) is 24.0. The number of benzene rings is 2. The van der Waals surface area contributed by atoms with Crippen LogP contribution in [0.5, 0.6) is 11.6 Å². The lowest BCUT2D eigenvalue weighted by Crippen LogP contribution is -2.47. The van der Waals surface area contributed by atoms with Crippen molar-refractivity contribution in [1.29, 1.82) is 0 Å². The number of fused-ring (bicyclic) bond motifs is 2. The van der Waals surface area contributed by atoms with Gasteiger partial charge in [0.25, 0.3) is 0 Å². The smallest absolute Gasteiger partial charge is 0.307 e. The molecule has 3 atom stereocenters. The second-order valence-electron chi connectivity index (χ2n) is 12.3.